The molecule has 0 bridgehead atoms. The number of hydrogen-bond acceptors (Lipinski definition) is 3. The second-order valence-electron chi connectivity index (χ2n) is 3.55. The van der Waals surface area contributed by atoms with Crippen LogP contribution in [-0.2, 0) is 0 Å². The first kappa shape index (κ1) is 11.9. The van der Waals surface area contributed by atoms with E-state index in [1.807, 2.05) is 6.92 Å². The number of nitrogens with zero attached hydrogens (tertiary/aromatic N) is 2. The number of benzene rings is 1. The molecule has 88 valence electrons. The van der Waals surface area contributed by atoms with Gasteiger partial charge in [0.1, 0.15) is 5.75 Å². The quantitative estimate of drug-likeness (QED) is 0.854. The van der Waals surface area contributed by atoms with Gasteiger partial charge in [-0.3, -0.25) is 4.79 Å². The van der Waals surface area contributed by atoms with Crippen LogP contribution in [0, 0.1) is 6.92 Å². The highest BCUT2D eigenvalue weighted by molar-refractivity contribution is 9.10. The maximum absolute atomic E-state index is 11.9. The Kier molecular flexibility index (Phi) is 3.28. The smallest absolute Gasteiger partial charge is 0.285 e. The number of rotatable bonds is 2. The lowest BCUT2D eigenvalue weighted by atomic mass is 10.3. The molecule has 2 rings (SSSR count). The summed E-state index contributed by atoms with van der Waals surface area (Å²) in [6.45, 7) is 1.84. The Morgan fingerprint density at radius 3 is 2.53 bits per heavy atom. The Hall–Kier alpha value is -1.62. The summed E-state index contributed by atoms with van der Waals surface area (Å²) in [5.41, 5.74) is 1.30. The largest absolute Gasteiger partial charge is 0.497 e. The predicted octanol–water partition coefficient (Wildman–Crippen LogP) is 2.31. The molecule has 0 aliphatic heterocycles. The van der Waals surface area contributed by atoms with Crippen molar-refractivity contribution in [1.82, 2.24) is 9.78 Å². The summed E-state index contributed by atoms with van der Waals surface area (Å²) in [7, 11) is 1.60. The number of aromatic nitrogens is 2. The molecule has 0 N–H and O–H groups in total. The molecule has 0 saturated carbocycles. The molecule has 17 heavy (non-hydrogen) atoms. The molecule has 0 aliphatic carbocycles. The van der Waals surface area contributed by atoms with Crippen LogP contribution < -0.4 is 10.3 Å². The minimum Gasteiger partial charge on any atom is -0.497 e. The van der Waals surface area contributed by atoms with Gasteiger partial charge in [0.05, 0.1) is 23.0 Å². The van der Waals surface area contributed by atoms with E-state index in [1.54, 1.807) is 37.4 Å². The van der Waals surface area contributed by atoms with E-state index in [0.717, 1.165) is 11.4 Å². The fraction of sp³-hybridized carbons (Fsp3) is 0.167. The monoisotopic (exact) mass is 294 g/mol. The van der Waals surface area contributed by atoms with E-state index in [0.29, 0.717) is 10.2 Å². The first-order chi connectivity index (χ1) is 8.11. The number of methoxy groups -OCH3 is 1. The van der Waals surface area contributed by atoms with E-state index in [-0.39, 0.29) is 5.56 Å². The zero-order valence-corrected chi connectivity index (χ0v) is 11.1. The number of aryl methyl sites for hydroxylation is 1. The molecule has 2 aromatic rings. The maximum Gasteiger partial charge on any atom is 0.285 e. The fourth-order valence-electron chi connectivity index (χ4n) is 1.48. The average molecular weight is 295 g/mol. The molecule has 1 aromatic heterocycles. The molecule has 5 heteroatoms. The maximum atomic E-state index is 11.9. The van der Waals surface area contributed by atoms with Crippen LogP contribution in [0.3, 0.4) is 0 Å². The minimum absolute atomic E-state index is 0.180. The first-order valence-electron chi connectivity index (χ1n) is 5.03. The summed E-state index contributed by atoms with van der Waals surface area (Å²) in [6.07, 6.45) is 0. The summed E-state index contributed by atoms with van der Waals surface area (Å²) in [5.74, 6) is 0.744. The van der Waals surface area contributed by atoms with Gasteiger partial charge in [-0.1, -0.05) is 0 Å². The molecule has 4 nitrogen and oxygen atoms in total. The summed E-state index contributed by atoms with van der Waals surface area (Å²) in [6, 6.07) is 8.86. The molecule has 0 atom stereocenters. The van der Waals surface area contributed by atoms with E-state index in [4.69, 9.17) is 4.74 Å². The van der Waals surface area contributed by atoms with Crippen molar-refractivity contribution in [3.05, 3.63) is 50.9 Å². The fourth-order valence-corrected chi connectivity index (χ4v) is 1.98. The molecular weight excluding hydrogens is 284 g/mol. The van der Waals surface area contributed by atoms with Crippen LogP contribution in [0.2, 0.25) is 0 Å². The molecule has 0 amide bonds. The highest BCUT2D eigenvalue weighted by Gasteiger charge is 2.06. The van der Waals surface area contributed by atoms with Crippen LogP contribution in [0.1, 0.15) is 5.69 Å². The second kappa shape index (κ2) is 4.71. The van der Waals surface area contributed by atoms with Crippen molar-refractivity contribution in [2.75, 3.05) is 7.11 Å². The SMILES string of the molecule is COc1ccc(-n2nc(C)cc(Br)c2=O)cc1. The van der Waals surface area contributed by atoms with Gasteiger partial charge in [0.2, 0.25) is 0 Å². The molecule has 1 heterocycles. The van der Waals surface area contributed by atoms with Crippen molar-refractivity contribution in [1.29, 1.82) is 0 Å². The molecule has 0 spiro atoms. The third-order valence-corrected chi connectivity index (χ3v) is 2.88. The molecule has 1 aromatic carbocycles. The molecule has 0 fully saturated rings. The lowest BCUT2D eigenvalue weighted by Crippen LogP contribution is -2.22. The number of halogens is 1. The van der Waals surface area contributed by atoms with Gasteiger partial charge in [-0.15, -0.1) is 0 Å². The van der Waals surface area contributed by atoms with Crippen LogP contribution in [0.4, 0.5) is 0 Å². The molecule has 0 saturated heterocycles. The average Bonchev–Trinajstić information content (AvgIpc) is 2.34. The highest BCUT2D eigenvalue weighted by atomic mass is 79.9. The van der Waals surface area contributed by atoms with Crippen LogP contribution in [0.25, 0.3) is 5.69 Å². The Morgan fingerprint density at radius 2 is 1.94 bits per heavy atom. The van der Waals surface area contributed by atoms with Crippen molar-refractivity contribution in [3.63, 3.8) is 0 Å². The standard InChI is InChI=1S/C12H11BrN2O2/c1-8-7-11(13)12(16)15(14-8)9-3-5-10(17-2)6-4-9/h3-7H,1-2H3. The van der Waals surface area contributed by atoms with Gasteiger partial charge in [0, 0.05) is 0 Å². The van der Waals surface area contributed by atoms with Crippen LogP contribution in [-0.4, -0.2) is 16.9 Å². The van der Waals surface area contributed by atoms with Crippen LogP contribution in [0.15, 0.2) is 39.6 Å². The Labute approximate surface area is 107 Å². The van der Waals surface area contributed by atoms with Gasteiger partial charge in [-0.05, 0) is 53.2 Å². The Balaban J connectivity index is 2.56. The van der Waals surface area contributed by atoms with Crippen LogP contribution >= 0.6 is 15.9 Å². The van der Waals surface area contributed by atoms with Crippen molar-refractivity contribution in [2.45, 2.75) is 6.92 Å². The molecule has 0 aliphatic rings. The highest BCUT2D eigenvalue weighted by Crippen LogP contribution is 2.14. The van der Waals surface area contributed by atoms with E-state index < -0.39 is 0 Å². The van der Waals surface area contributed by atoms with E-state index in [9.17, 15) is 4.79 Å². The van der Waals surface area contributed by atoms with E-state index in [2.05, 4.69) is 21.0 Å². The molecule has 0 radical (unpaired) electrons. The number of hydrogen-bond donors (Lipinski definition) is 0. The van der Waals surface area contributed by atoms with E-state index in [1.165, 1.54) is 4.68 Å². The summed E-state index contributed by atoms with van der Waals surface area (Å²) in [5, 5.41) is 4.19. The van der Waals surface area contributed by atoms with Gasteiger partial charge in [0.25, 0.3) is 5.56 Å². The lowest BCUT2D eigenvalue weighted by Gasteiger charge is -2.07. The summed E-state index contributed by atoms with van der Waals surface area (Å²) in [4.78, 5) is 11.9. The second-order valence-corrected chi connectivity index (χ2v) is 4.40. The normalized spacial score (nSPS) is 10.3. The van der Waals surface area contributed by atoms with Gasteiger partial charge in [-0.2, -0.15) is 9.78 Å². The topological polar surface area (TPSA) is 44.1 Å². The molecular formula is C12H11BrN2O2. The lowest BCUT2D eigenvalue weighted by molar-refractivity contribution is 0.414. The summed E-state index contributed by atoms with van der Waals surface area (Å²) >= 11 is 3.22. The predicted molar refractivity (Wildman–Crippen MR) is 68.8 cm³/mol. The minimum atomic E-state index is -0.180. The molecule has 0 unspecified atom stereocenters. The van der Waals surface area contributed by atoms with Gasteiger partial charge >= 0.3 is 0 Å². The van der Waals surface area contributed by atoms with Crippen molar-refractivity contribution < 1.29 is 4.74 Å². The zero-order valence-electron chi connectivity index (χ0n) is 9.48. The third kappa shape index (κ3) is 2.39. The Morgan fingerprint density at radius 1 is 1.29 bits per heavy atom. The summed E-state index contributed by atoms with van der Waals surface area (Å²) < 4.78 is 6.93. The van der Waals surface area contributed by atoms with Gasteiger partial charge in [-0.25, -0.2) is 0 Å². The van der Waals surface area contributed by atoms with Crippen molar-refractivity contribution in [2.24, 2.45) is 0 Å². The third-order valence-electron chi connectivity index (χ3n) is 2.31. The zero-order chi connectivity index (χ0) is 12.4. The van der Waals surface area contributed by atoms with Crippen molar-refractivity contribution in [3.8, 4) is 11.4 Å². The van der Waals surface area contributed by atoms with Crippen molar-refractivity contribution >= 4 is 15.9 Å². The van der Waals surface area contributed by atoms with E-state index >= 15 is 0 Å². The number of ether oxygens (including phenoxy) is 1. The Bertz CT molecular complexity index is 590. The van der Waals surface area contributed by atoms with Gasteiger partial charge in [0.15, 0.2) is 0 Å². The van der Waals surface area contributed by atoms with Crippen LogP contribution in [0.5, 0.6) is 5.75 Å². The van der Waals surface area contributed by atoms with Gasteiger partial charge < -0.3 is 4.74 Å². The first-order valence-corrected chi connectivity index (χ1v) is 5.82.